The Morgan fingerprint density at radius 2 is 2.05 bits per heavy atom. The lowest BCUT2D eigenvalue weighted by atomic mass is 9.99. The van der Waals surface area contributed by atoms with E-state index < -0.39 is 15.1 Å². The topological polar surface area (TPSA) is 80.5 Å². The Kier molecular flexibility index (Phi) is 3.54. The van der Waals surface area contributed by atoms with Crippen LogP contribution in [-0.2, 0) is 27.6 Å². The molecule has 0 saturated carbocycles. The van der Waals surface area contributed by atoms with E-state index >= 15 is 0 Å². The van der Waals surface area contributed by atoms with Crippen LogP contribution in [0.2, 0.25) is 0 Å². The van der Waals surface area contributed by atoms with Gasteiger partial charge in [0.25, 0.3) is 0 Å². The number of hydrogen-bond donors (Lipinski definition) is 1. The second-order valence-corrected chi connectivity index (χ2v) is 7.38. The van der Waals surface area contributed by atoms with Gasteiger partial charge in [0.05, 0.1) is 0 Å². The van der Waals surface area contributed by atoms with E-state index in [-0.39, 0.29) is 5.91 Å². The Hall–Kier alpha value is -1.56. The number of sulfone groups is 1. The highest BCUT2D eigenvalue weighted by Gasteiger charge is 2.30. The summed E-state index contributed by atoms with van der Waals surface area (Å²) in [6.45, 7) is 2.42. The smallest absolute Gasteiger partial charge is 0.240 e. The number of carbonyl (C=O) groups excluding carboxylic acids is 1. The van der Waals surface area contributed by atoms with Crippen LogP contribution in [0.3, 0.4) is 0 Å². The van der Waals surface area contributed by atoms with Crippen molar-refractivity contribution in [3.63, 3.8) is 0 Å². The predicted molar refractivity (Wildman–Crippen MR) is 74.3 cm³/mol. The van der Waals surface area contributed by atoms with Crippen LogP contribution < -0.4 is 5.73 Å². The molecule has 1 aliphatic heterocycles. The van der Waals surface area contributed by atoms with Gasteiger partial charge in [0.1, 0.15) is 5.25 Å². The zero-order chi connectivity index (χ0) is 14.2. The molecule has 1 aromatic carbocycles. The van der Waals surface area contributed by atoms with E-state index in [2.05, 4.69) is 0 Å². The van der Waals surface area contributed by atoms with Crippen LogP contribution in [0.15, 0.2) is 18.2 Å². The maximum Gasteiger partial charge on any atom is 0.240 e. The van der Waals surface area contributed by atoms with Gasteiger partial charge in [0, 0.05) is 25.0 Å². The number of amides is 1. The summed E-state index contributed by atoms with van der Waals surface area (Å²) in [5.41, 5.74) is 8.56. The molecule has 0 aromatic heterocycles. The Morgan fingerprint density at radius 1 is 1.37 bits per heavy atom. The molecule has 19 heavy (non-hydrogen) atoms. The first kappa shape index (κ1) is 13.9. The summed E-state index contributed by atoms with van der Waals surface area (Å²) in [7, 11) is -3.35. The minimum absolute atomic E-state index is 0.337. The molecule has 2 rings (SSSR count). The van der Waals surface area contributed by atoms with E-state index in [1.165, 1.54) is 12.5 Å². The quantitative estimate of drug-likeness (QED) is 0.805. The van der Waals surface area contributed by atoms with Crippen LogP contribution in [-0.4, -0.2) is 37.3 Å². The molecular weight excluding hydrogens is 264 g/mol. The van der Waals surface area contributed by atoms with Gasteiger partial charge >= 0.3 is 0 Å². The fourth-order valence-corrected chi connectivity index (χ4v) is 2.72. The molecule has 0 bridgehead atoms. The predicted octanol–water partition coefficient (Wildman–Crippen LogP) is 0.587. The molecular formula is C13H18N2O3S. The van der Waals surface area contributed by atoms with E-state index in [1.54, 1.807) is 4.90 Å². The molecule has 1 atom stereocenters. The van der Waals surface area contributed by atoms with Gasteiger partial charge in [-0.15, -0.1) is 0 Å². The number of nitrogen functional groups attached to an aromatic ring is 1. The van der Waals surface area contributed by atoms with Gasteiger partial charge in [0.15, 0.2) is 9.84 Å². The molecule has 104 valence electrons. The highest BCUT2D eigenvalue weighted by atomic mass is 32.2. The zero-order valence-electron chi connectivity index (χ0n) is 11.1. The van der Waals surface area contributed by atoms with E-state index in [0.717, 1.165) is 18.2 Å². The highest BCUT2D eigenvalue weighted by Crippen LogP contribution is 2.22. The van der Waals surface area contributed by atoms with Crippen LogP contribution in [0.5, 0.6) is 0 Å². The van der Waals surface area contributed by atoms with Crippen LogP contribution in [0.25, 0.3) is 0 Å². The normalized spacial score (nSPS) is 16.8. The number of fused-ring (bicyclic) bond motifs is 1. The number of nitrogens with zero attached hydrogens (tertiary/aromatic N) is 1. The SMILES string of the molecule is CC(C(=O)N1CCc2ccc(N)cc2C1)S(C)(=O)=O. The fourth-order valence-electron chi connectivity index (χ4n) is 2.21. The largest absolute Gasteiger partial charge is 0.399 e. The number of anilines is 1. The lowest BCUT2D eigenvalue weighted by molar-refractivity contribution is -0.131. The minimum Gasteiger partial charge on any atom is -0.399 e. The van der Waals surface area contributed by atoms with Gasteiger partial charge in [-0.2, -0.15) is 0 Å². The summed E-state index contributed by atoms with van der Waals surface area (Å²) in [6, 6.07) is 5.65. The minimum atomic E-state index is -3.35. The molecule has 0 spiro atoms. The van der Waals surface area contributed by atoms with Gasteiger partial charge in [-0.1, -0.05) is 6.07 Å². The van der Waals surface area contributed by atoms with Crippen molar-refractivity contribution in [2.75, 3.05) is 18.5 Å². The van der Waals surface area contributed by atoms with Crippen LogP contribution >= 0.6 is 0 Å². The molecule has 0 aliphatic carbocycles. The van der Waals surface area contributed by atoms with E-state index in [9.17, 15) is 13.2 Å². The van der Waals surface area contributed by atoms with Crippen molar-refractivity contribution in [1.29, 1.82) is 0 Å². The van der Waals surface area contributed by atoms with Crippen molar-refractivity contribution in [3.05, 3.63) is 29.3 Å². The third-order valence-electron chi connectivity index (χ3n) is 3.54. The van der Waals surface area contributed by atoms with Gasteiger partial charge in [-0.25, -0.2) is 8.42 Å². The summed E-state index contributed by atoms with van der Waals surface area (Å²) in [5.74, 6) is -0.337. The average molecular weight is 282 g/mol. The fraction of sp³-hybridized carbons (Fsp3) is 0.462. The molecule has 6 heteroatoms. The number of rotatable bonds is 2. The maximum atomic E-state index is 12.2. The van der Waals surface area contributed by atoms with Crippen molar-refractivity contribution in [3.8, 4) is 0 Å². The summed E-state index contributed by atoms with van der Waals surface area (Å²) in [5, 5.41) is -0.991. The molecule has 1 heterocycles. The first-order valence-corrected chi connectivity index (χ1v) is 8.09. The third kappa shape index (κ3) is 2.89. The van der Waals surface area contributed by atoms with Gasteiger partial charge in [-0.3, -0.25) is 4.79 Å². The summed E-state index contributed by atoms with van der Waals surface area (Å²) in [6.07, 6.45) is 1.82. The van der Waals surface area contributed by atoms with E-state index in [4.69, 9.17) is 5.73 Å². The first-order chi connectivity index (χ1) is 8.79. The lowest BCUT2D eigenvalue weighted by Gasteiger charge is -2.30. The third-order valence-corrected chi connectivity index (χ3v) is 5.03. The van der Waals surface area contributed by atoms with Crippen LogP contribution in [0, 0.1) is 0 Å². The molecule has 2 N–H and O–H groups in total. The number of hydrogen-bond acceptors (Lipinski definition) is 4. The van der Waals surface area contributed by atoms with Gasteiger partial charge in [-0.05, 0) is 36.6 Å². The van der Waals surface area contributed by atoms with Crippen molar-refractivity contribution in [2.45, 2.75) is 25.1 Å². The second kappa shape index (κ2) is 4.85. The van der Waals surface area contributed by atoms with E-state index in [1.807, 2.05) is 18.2 Å². The van der Waals surface area contributed by atoms with Crippen LogP contribution in [0.1, 0.15) is 18.1 Å². The van der Waals surface area contributed by atoms with E-state index in [0.29, 0.717) is 18.8 Å². The number of nitrogens with two attached hydrogens (primary N) is 1. The monoisotopic (exact) mass is 282 g/mol. The Morgan fingerprint density at radius 3 is 2.68 bits per heavy atom. The molecule has 0 radical (unpaired) electrons. The zero-order valence-corrected chi connectivity index (χ0v) is 11.9. The first-order valence-electron chi connectivity index (χ1n) is 6.14. The molecule has 1 aliphatic rings. The lowest BCUT2D eigenvalue weighted by Crippen LogP contribution is -2.43. The molecule has 1 amide bonds. The second-order valence-electron chi connectivity index (χ2n) is 5.01. The molecule has 1 aromatic rings. The molecule has 1 unspecified atom stereocenters. The molecule has 0 saturated heterocycles. The Balaban J connectivity index is 2.20. The Labute approximate surface area is 113 Å². The molecule has 5 nitrogen and oxygen atoms in total. The summed E-state index contributed by atoms with van der Waals surface area (Å²) in [4.78, 5) is 13.7. The summed E-state index contributed by atoms with van der Waals surface area (Å²) >= 11 is 0. The van der Waals surface area contributed by atoms with Crippen molar-refractivity contribution in [1.82, 2.24) is 4.90 Å². The van der Waals surface area contributed by atoms with Gasteiger partial charge in [0.2, 0.25) is 5.91 Å². The van der Waals surface area contributed by atoms with Gasteiger partial charge < -0.3 is 10.6 Å². The maximum absolute atomic E-state index is 12.2. The average Bonchev–Trinajstić information content (AvgIpc) is 2.35. The number of carbonyl (C=O) groups is 1. The highest BCUT2D eigenvalue weighted by molar-refractivity contribution is 7.92. The van der Waals surface area contributed by atoms with Crippen LogP contribution in [0.4, 0.5) is 5.69 Å². The van der Waals surface area contributed by atoms with Crippen molar-refractivity contribution >= 4 is 21.4 Å². The van der Waals surface area contributed by atoms with Crippen molar-refractivity contribution in [2.24, 2.45) is 0 Å². The van der Waals surface area contributed by atoms with Crippen molar-refractivity contribution < 1.29 is 13.2 Å². The standard InChI is InChI=1S/C13H18N2O3S/c1-9(19(2,17)18)13(16)15-6-5-10-3-4-12(14)7-11(10)8-15/h3-4,7,9H,5-6,8,14H2,1-2H3. The molecule has 0 fully saturated rings. The summed E-state index contributed by atoms with van der Waals surface area (Å²) < 4.78 is 22.9. The number of benzene rings is 1. The Bertz CT molecular complexity index is 610.